The Morgan fingerprint density at radius 2 is 2.24 bits per heavy atom. The Hall–Kier alpha value is -1.40. The van der Waals surface area contributed by atoms with Crippen LogP contribution < -0.4 is 5.32 Å². The number of thioether (sulfide) groups is 1. The number of carbonyl (C=O) groups is 1. The summed E-state index contributed by atoms with van der Waals surface area (Å²) in [6, 6.07) is 3.51. The molecule has 0 aliphatic heterocycles. The van der Waals surface area contributed by atoms with Gasteiger partial charge in [0.2, 0.25) is 0 Å². The fourth-order valence-electron chi connectivity index (χ4n) is 1.98. The van der Waals surface area contributed by atoms with Crippen molar-refractivity contribution >= 4 is 34.1 Å². The summed E-state index contributed by atoms with van der Waals surface area (Å²) in [6.45, 7) is 4.25. The first-order chi connectivity index (χ1) is 10.2. The van der Waals surface area contributed by atoms with E-state index in [1.165, 1.54) is 16.6 Å². The molecule has 1 amide bonds. The summed E-state index contributed by atoms with van der Waals surface area (Å²) in [5.74, 6) is -0.132. The van der Waals surface area contributed by atoms with Gasteiger partial charge in [-0.15, -0.1) is 23.1 Å². The number of nitrogens with zero attached hydrogens (tertiary/aromatic N) is 2. The molecule has 0 radical (unpaired) electrons. The van der Waals surface area contributed by atoms with Crippen molar-refractivity contribution in [3.63, 3.8) is 0 Å². The lowest BCUT2D eigenvalue weighted by Crippen LogP contribution is -2.12. The minimum atomic E-state index is -0.132. The monoisotopic (exact) mass is 321 g/mol. The average Bonchev–Trinajstić information content (AvgIpc) is 2.89. The predicted octanol–water partition coefficient (Wildman–Crippen LogP) is 4.03. The highest BCUT2D eigenvalue weighted by molar-refractivity contribution is 7.98. The van der Waals surface area contributed by atoms with Gasteiger partial charge in [-0.2, -0.15) is 0 Å². The summed E-state index contributed by atoms with van der Waals surface area (Å²) in [7, 11) is 0. The smallest absolute Gasteiger partial charge is 0.257 e. The van der Waals surface area contributed by atoms with E-state index < -0.39 is 0 Å². The molecule has 2 heterocycles. The molecule has 1 N–H and O–H groups in total. The highest BCUT2D eigenvalue weighted by Gasteiger charge is 2.13. The number of hydrogen-bond acceptors (Lipinski definition) is 5. The molecule has 0 aliphatic carbocycles. The first kappa shape index (κ1) is 16.0. The molecular weight excluding hydrogens is 302 g/mol. The van der Waals surface area contributed by atoms with Gasteiger partial charge < -0.3 is 0 Å². The van der Waals surface area contributed by atoms with Crippen molar-refractivity contribution in [1.29, 1.82) is 0 Å². The zero-order chi connectivity index (χ0) is 15.2. The highest BCUT2D eigenvalue weighted by atomic mass is 32.2. The third-order valence-corrected chi connectivity index (χ3v) is 4.81. The molecule has 0 aliphatic rings. The Labute approximate surface area is 133 Å². The fraction of sp³-hybridized carbons (Fsp3) is 0.400. The van der Waals surface area contributed by atoms with Crippen LogP contribution in [0.15, 0.2) is 23.4 Å². The van der Waals surface area contributed by atoms with E-state index in [1.54, 1.807) is 29.7 Å². The van der Waals surface area contributed by atoms with Crippen molar-refractivity contribution in [2.24, 2.45) is 0 Å². The molecule has 0 fully saturated rings. The summed E-state index contributed by atoms with van der Waals surface area (Å²) in [4.78, 5) is 22.2. The first-order valence-electron chi connectivity index (χ1n) is 6.97. The third-order valence-electron chi connectivity index (χ3n) is 3.01. The summed E-state index contributed by atoms with van der Waals surface area (Å²) < 4.78 is 0. The van der Waals surface area contributed by atoms with E-state index in [-0.39, 0.29) is 5.91 Å². The molecule has 2 aromatic rings. The van der Waals surface area contributed by atoms with Crippen molar-refractivity contribution < 1.29 is 4.79 Å². The van der Waals surface area contributed by atoms with Crippen molar-refractivity contribution in [1.82, 2.24) is 9.97 Å². The van der Waals surface area contributed by atoms with Gasteiger partial charge in [0, 0.05) is 16.6 Å². The molecular formula is C15H19N3OS2. The number of thiazole rings is 1. The number of pyridine rings is 1. The van der Waals surface area contributed by atoms with Crippen molar-refractivity contribution in [3.05, 3.63) is 34.5 Å². The Bertz CT molecular complexity index is 625. The van der Waals surface area contributed by atoms with Gasteiger partial charge in [-0.1, -0.05) is 20.3 Å². The van der Waals surface area contributed by atoms with E-state index in [0.717, 1.165) is 30.0 Å². The van der Waals surface area contributed by atoms with E-state index in [9.17, 15) is 4.79 Å². The standard InChI is InChI=1S/C15H19N3OS2/c1-4-6-11-12(5-2)21-15(17-11)18-14(19)10-7-8-16-13(9-10)20-3/h7-9H,4-6H2,1-3H3,(H,17,18,19). The van der Waals surface area contributed by atoms with Crippen molar-refractivity contribution in [2.75, 3.05) is 11.6 Å². The van der Waals surface area contributed by atoms with Crippen molar-refractivity contribution in [2.45, 2.75) is 38.1 Å². The molecule has 4 nitrogen and oxygen atoms in total. The van der Waals surface area contributed by atoms with Crippen LogP contribution in [0.5, 0.6) is 0 Å². The van der Waals surface area contributed by atoms with Gasteiger partial charge in [0.25, 0.3) is 5.91 Å². The molecule has 0 unspecified atom stereocenters. The zero-order valence-corrected chi connectivity index (χ0v) is 14.1. The molecule has 0 spiro atoms. The van der Waals surface area contributed by atoms with E-state index in [4.69, 9.17) is 0 Å². The van der Waals surface area contributed by atoms with Crippen molar-refractivity contribution in [3.8, 4) is 0 Å². The molecule has 112 valence electrons. The number of hydrogen-bond donors (Lipinski definition) is 1. The number of aromatic nitrogens is 2. The largest absolute Gasteiger partial charge is 0.298 e. The molecule has 21 heavy (non-hydrogen) atoms. The molecule has 6 heteroatoms. The molecule has 2 aromatic heterocycles. The number of amides is 1. The van der Waals surface area contributed by atoms with Gasteiger partial charge in [-0.3, -0.25) is 10.1 Å². The Balaban J connectivity index is 2.15. The number of carbonyl (C=O) groups excluding carboxylic acids is 1. The Kier molecular flexibility index (Phi) is 5.76. The number of anilines is 1. The number of nitrogens with one attached hydrogen (secondary N) is 1. The molecule has 0 saturated heterocycles. The Morgan fingerprint density at radius 1 is 1.43 bits per heavy atom. The zero-order valence-electron chi connectivity index (χ0n) is 12.5. The van der Waals surface area contributed by atoms with Gasteiger partial charge in [0.1, 0.15) is 0 Å². The number of aryl methyl sites for hydroxylation is 2. The minimum absolute atomic E-state index is 0.132. The average molecular weight is 321 g/mol. The second-order valence-corrected chi connectivity index (χ2v) is 6.44. The van der Waals surface area contributed by atoms with Gasteiger partial charge in [0.15, 0.2) is 5.13 Å². The SMILES string of the molecule is CCCc1nc(NC(=O)c2ccnc(SC)c2)sc1CC. The fourth-order valence-corrected chi connectivity index (χ4v) is 3.33. The third kappa shape index (κ3) is 4.04. The van der Waals surface area contributed by atoms with Crippen LogP contribution in [-0.2, 0) is 12.8 Å². The van der Waals surface area contributed by atoms with Crippen LogP contribution in [0.4, 0.5) is 5.13 Å². The van der Waals surface area contributed by atoms with E-state index in [0.29, 0.717) is 10.7 Å². The van der Waals surface area contributed by atoms with Gasteiger partial charge in [0.05, 0.1) is 10.7 Å². The topological polar surface area (TPSA) is 54.9 Å². The predicted molar refractivity (Wildman–Crippen MR) is 89.5 cm³/mol. The Morgan fingerprint density at radius 3 is 2.90 bits per heavy atom. The lowest BCUT2D eigenvalue weighted by atomic mass is 10.2. The quantitative estimate of drug-likeness (QED) is 0.816. The van der Waals surface area contributed by atoms with Crippen LogP contribution in [0.2, 0.25) is 0 Å². The van der Waals surface area contributed by atoms with Crippen LogP contribution in [0.3, 0.4) is 0 Å². The van der Waals surface area contributed by atoms with Gasteiger partial charge in [-0.25, -0.2) is 9.97 Å². The number of rotatable bonds is 6. The van der Waals surface area contributed by atoms with Crippen LogP contribution in [-0.4, -0.2) is 22.1 Å². The molecule has 0 aromatic carbocycles. The van der Waals surface area contributed by atoms with Gasteiger partial charge in [-0.05, 0) is 31.2 Å². The maximum Gasteiger partial charge on any atom is 0.257 e. The first-order valence-corrected chi connectivity index (χ1v) is 9.02. The summed E-state index contributed by atoms with van der Waals surface area (Å²) in [5.41, 5.74) is 1.72. The van der Waals surface area contributed by atoms with Crippen LogP contribution in [0.1, 0.15) is 41.2 Å². The maximum absolute atomic E-state index is 12.3. The van der Waals surface area contributed by atoms with Crippen LogP contribution >= 0.6 is 23.1 Å². The lowest BCUT2D eigenvalue weighted by molar-refractivity contribution is 0.102. The van der Waals surface area contributed by atoms with E-state index >= 15 is 0 Å². The maximum atomic E-state index is 12.3. The summed E-state index contributed by atoms with van der Waals surface area (Å²) in [5, 5.41) is 4.41. The second-order valence-electron chi connectivity index (χ2n) is 4.53. The van der Waals surface area contributed by atoms with E-state index in [1.807, 2.05) is 6.26 Å². The molecule has 0 bridgehead atoms. The minimum Gasteiger partial charge on any atom is -0.298 e. The van der Waals surface area contributed by atoms with Crippen LogP contribution in [0, 0.1) is 0 Å². The summed E-state index contributed by atoms with van der Waals surface area (Å²) in [6.07, 6.45) is 6.57. The second kappa shape index (κ2) is 7.56. The molecule has 0 atom stereocenters. The lowest BCUT2D eigenvalue weighted by Gasteiger charge is -2.02. The molecule has 0 saturated carbocycles. The van der Waals surface area contributed by atoms with Crippen LogP contribution in [0.25, 0.3) is 0 Å². The highest BCUT2D eigenvalue weighted by Crippen LogP contribution is 2.25. The summed E-state index contributed by atoms with van der Waals surface area (Å²) >= 11 is 3.09. The molecule has 2 rings (SSSR count). The van der Waals surface area contributed by atoms with E-state index in [2.05, 4.69) is 29.1 Å². The normalized spacial score (nSPS) is 10.6. The van der Waals surface area contributed by atoms with Gasteiger partial charge >= 0.3 is 0 Å².